The van der Waals surface area contributed by atoms with Crippen LogP contribution in [0.15, 0.2) is 54.2 Å². The van der Waals surface area contributed by atoms with E-state index in [1.54, 1.807) is 18.3 Å². The first-order valence-corrected chi connectivity index (χ1v) is 10.7. The average Bonchev–Trinajstić information content (AvgIpc) is 3.40. The van der Waals surface area contributed by atoms with Gasteiger partial charge in [0, 0.05) is 37.4 Å². The lowest BCUT2D eigenvalue weighted by atomic mass is 10.2. The molecular formula is C21H19ClFN5O2S. The number of pyridine rings is 1. The summed E-state index contributed by atoms with van der Waals surface area (Å²) in [7, 11) is 0. The third-order valence-electron chi connectivity index (χ3n) is 4.43. The molecule has 0 aliphatic carbocycles. The lowest BCUT2D eigenvalue weighted by molar-refractivity contribution is 0.202. The van der Waals surface area contributed by atoms with Gasteiger partial charge in [-0.15, -0.1) is 11.3 Å². The van der Waals surface area contributed by atoms with Crippen molar-refractivity contribution in [2.75, 3.05) is 18.4 Å². The molecule has 4 aromatic rings. The highest BCUT2D eigenvalue weighted by atomic mass is 35.5. The maximum Gasteiger partial charge on any atom is 0.413 e. The summed E-state index contributed by atoms with van der Waals surface area (Å²) in [5.41, 5.74) is 3.19. The van der Waals surface area contributed by atoms with Crippen molar-refractivity contribution in [3.05, 3.63) is 70.6 Å². The third kappa shape index (κ3) is 5.32. The molecule has 160 valence electrons. The minimum absolute atomic E-state index is 0.0883. The van der Waals surface area contributed by atoms with Crippen LogP contribution < -0.4 is 20.7 Å². The molecule has 0 atom stereocenters. The number of fused-ring (bicyclic) bond motifs is 1. The molecule has 7 nitrogen and oxygen atoms in total. The van der Waals surface area contributed by atoms with Gasteiger partial charge in [0.2, 0.25) is 5.06 Å². The SMILES string of the molecule is O=C(NCCNCc1ccc(F)c(Cl)c1)Oc1sccc1Nc1ccnc2[nH]ccc12. The molecule has 4 N–H and O–H groups in total. The van der Waals surface area contributed by atoms with Crippen LogP contribution in [0.3, 0.4) is 0 Å². The number of carbonyl (C=O) groups excluding carboxylic acids is 1. The van der Waals surface area contributed by atoms with Crippen molar-refractivity contribution >= 4 is 51.4 Å². The van der Waals surface area contributed by atoms with E-state index in [-0.39, 0.29) is 5.02 Å². The van der Waals surface area contributed by atoms with E-state index in [1.165, 1.54) is 17.4 Å². The zero-order valence-corrected chi connectivity index (χ0v) is 17.8. The topological polar surface area (TPSA) is 91.1 Å². The molecule has 0 spiro atoms. The third-order valence-corrected chi connectivity index (χ3v) is 5.51. The molecule has 0 bridgehead atoms. The Balaban J connectivity index is 1.24. The summed E-state index contributed by atoms with van der Waals surface area (Å²) in [4.78, 5) is 19.5. The van der Waals surface area contributed by atoms with E-state index >= 15 is 0 Å². The first kappa shape index (κ1) is 21.1. The Bertz CT molecular complexity index is 1200. The quantitative estimate of drug-likeness (QED) is 0.277. The Morgan fingerprint density at radius 3 is 2.97 bits per heavy atom. The number of aromatic amines is 1. The van der Waals surface area contributed by atoms with Crippen LogP contribution in [-0.4, -0.2) is 29.2 Å². The van der Waals surface area contributed by atoms with Gasteiger partial charge in [0.05, 0.1) is 16.4 Å². The molecule has 1 aromatic carbocycles. The number of nitrogens with one attached hydrogen (secondary N) is 4. The van der Waals surface area contributed by atoms with Crippen molar-refractivity contribution in [3.63, 3.8) is 0 Å². The number of benzene rings is 1. The highest BCUT2D eigenvalue weighted by molar-refractivity contribution is 7.12. The second-order valence-electron chi connectivity index (χ2n) is 6.59. The van der Waals surface area contributed by atoms with E-state index in [2.05, 4.69) is 25.9 Å². The summed E-state index contributed by atoms with van der Waals surface area (Å²) in [5.74, 6) is -0.446. The Hall–Kier alpha value is -3.14. The van der Waals surface area contributed by atoms with Crippen molar-refractivity contribution in [2.45, 2.75) is 6.54 Å². The number of amides is 1. The molecule has 0 radical (unpaired) electrons. The fraction of sp³-hybridized carbons (Fsp3) is 0.143. The molecule has 4 rings (SSSR count). The van der Waals surface area contributed by atoms with E-state index in [0.29, 0.717) is 30.4 Å². The van der Waals surface area contributed by atoms with E-state index in [1.807, 2.05) is 29.8 Å². The fourth-order valence-electron chi connectivity index (χ4n) is 2.94. The number of halogens is 2. The van der Waals surface area contributed by atoms with Crippen molar-refractivity contribution in [3.8, 4) is 5.06 Å². The van der Waals surface area contributed by atoms with Crippen molar-refractivity contribution in [1.82, 2.24) is 20.6 Å². The number of anilines is 2. The van der Waals surface area contributed by atoms with Crippen molar-refractivity contribution in [2.24, 2.45) is 0 Å². The van der Waals surface area contributed by atoms with Crippen LogP contribution in [-0.2, 0) is 6.54 Å². The van der Waals surface area contributed by atoms with Crippen LogP contribution in [0.25, 0.3) is 11.0 Å². The van der Waals surface area contributed by atoms with Gasteiger partial charge in [-0.3, -0.25) is 0 Å². The van der Waals surface area contributed by atoms with E-state index in [0.717, 1.165) is 22.3 Å². The zero-order chi connectivity index (χ0) is 21.6. The number of carbonyl (C=O) groups is 1. The summed E-state index contributed by atoms with van der Waals surface area (Å²) < 4.78 is 18.6. The van der Waals surface area contributed by atoms with Crippen molar-refractivity contribution in [1.29, 1.82) is 0 Å². The van der Waals surface area contributed by atoms with Gasteiger partial charge in [-0.25, -0.2) is 14.2 Å². The van der Waals surface area contributed by atoms with Gasteiger partial charge in [-0.1, -0.05) is 17.7 Å². The predicted octanol–water partition coefficient (Wildman–Crippen LogP) is 5.04. The Kier molecular flexibility index (Phi) is 6.66. The number of H-pyrrole nitrogens is 1. The first-order chi connectivity index (χ1) is 15.1. The molecule has 0 unspecified atom stereocenters. The molecule has 0 saturated heterocycles. The Morgan fingerprint density at radius 2 is 2.10 bits per heavy atom. The number of hydrogen-bond acceptors (Lipinski definition) is 6. The molecule has 3 heterocycles. The number of hydrogen-bond donors (Lipinski definition) is 4. The van der Waals surface area contributed by atoms with Crippen LogP contribution in [0, 0.1) is 5.82 Å². The Labute approximate surface area is 186 Å². The summed E-state index contributed by atoms with van der Waals surface area (Å²) in [6, 6.07) is 10.2. The molecule has 0 aliphatic heterocycles. The predicted molar refractivity (Wildman–Crippen MR) is 121 cm³/mol. The van der Waals surface area contributed by atoms with Crippen molar-refractivity contribution < 1.29 is 13.9 Å². The molecule has 0 saturated carbocycles. The lowest BCUT2D eigenvalue weighted by Crippen LogP contribution is -2.33. The van der Waals surface area contributed by atoms with Gasteiger partial charge in [-0.2, -0.15) is 0 Å². The highest BCUT2D eigenvalue weighted by Crippen LogP contribution is 2.35. The number of nitrogens with zero attached hydrogens (tertiary/aromatic N) is 1. The van der Waals surface area contributed by atoms with E-state index in [9.17, 15) is 9.18 Å². The molecule has 0 fully saturated rings. The smallest absolute Gasteiger partial charge is 0.397 e. The molecule has 3 aromatic heterocycles. The van der Waals surface area contributed by atoms with E-state index < -0.39 is 11.9 Å². The largest absolute Gasteiger partial charge is 0.413 e. The molecule has 1 amide bonds. The van der Waals surface area contributed by atoms with Gasteiger partial charge in [0.25, 0.3) is 0 Å². The van der Waals surface area contributed by atoms with Gasteiger partial charge < -0.3 is 25.7 Å². The van der Waals surface area contributed by atoms with Gasteiger partial charge >= 0.3 is 6.09 Å². The monoisotopic (exact) mass is 459 g/mol. The number of aromatic nitrogens is 2. The van der Waals surface area contributed by atoms with E-state index in [4.69, 9.17) is 16.3 Å². The normalized spacial score (nSPS) is 10.9. The van der Waals surface area contributed by atoms with Crippen LogP contribution in [0.5, 0.6) is 5.06 Å². The number of ether oxygens (including phenoxy) is 1. The van der Waals surface area contributed by atoms with Crippen LogP contribution >= 0.6 is 22.9 Å². The highest BCUT2D eigenvalue weighted by Gasteiger charge is 2.12. The second kappa shape index (κ2) is 9.78. The van der Waals surface area contributed by atoms with Gasteiger partial charge in [0.15, 0.2) is 0 Å². The lowest BCUT2D eigenvalue weighted by Gasteiger charge is -2.10. The van der Waals surface area contributed by atoms with Crippen LogP contribution in [0.2, 0.25) is 5.02 Å². The van der Waals surface area contributed by atoms with Crippen LogP contribution in [0.4, 0.5) is 20.6 Å². The standard InChI is InChI=1S/C21H19ClFN5O2S/c22-15-11-13(1-2-16(15)23)12-24-8-9-27-21(29)30-20-18(5-10-31-20)28-17-4-7-26-19-14(17)3-6-25-19/h1-7,10-11,24H,8-9,12H2,(H,27,29)(H2,25,26,28). The first-order valence-electron chi connectivity index (χ1n) is 9.47. The molecule has 10 heteroatoms. The average molecular weight is 460 g/mol. The minimum Gasteiger partial charge on any atom is -0.397 e. The molecule has 31 heavy (non-hydrogen) atoms. The van der Waals surface area contributed by atoms with Crippen LogP contribution in [0.1, 0.15) is 5.56 Å². The maximum absolute atomic E-state index is 13.2. The summed E-state index contributed by atoms with van der Waals surface area (Å²) >= 11 is 7.08. The Morgan fingerprint density at radius 1 is 1.19 bits per heavy atom. The molecular weight excluding hydrogens is 441 g/mol. The number of rotatable bonds is 8. The van der Waals surface area contributed by atoms with Gasteiger partial charge in [0.1, 0.15) is 11.5 Å². The summed E-state index contributed by atoms with van der Waals surface area (Å²) in [6.45, 7) is 1.40. The number of thiophene rings is 1. The fourth-order valence-corrected chi connectivity index (χ4v) is 3.84. The minimum atomic E-state index is -0.543. The van der Waals surface area contributed by atoms with Gasteiger partial charge in [-0.05, 0) is 41.3 Å². The molecule has 0 aliphatic rings. The summed E-state index contributed by atoms with van der Waals surface area (Å²) in [6.07, 6.45) is 2.98. The second-order valence-corrected chi connectivity index (χ2v) is 7.87. The summed E-state index contributed by atoms with van der Waals surface area (Å²) in [5, 5.41) is 12.5. The zero-order valence-electron chi connectivity index (χ0n) is 16.2. The maximum atomic E-state index is 13.2.